The molecule has 6 heteroatoms. The first-order chi connectivity index (χ1) is 8.56. The Morgan fingerprint density at radius 2 is 1.94 bits per heavy atom. The molecule has 1 atom stereocenters. The predicted molar refractivity (Wildman–Crippen MR) is 61.3 cm³/mol. The number of nitrogens with one attached hydrogen (secondary N) is 1. The zero-order valence-corrected chi connectivity index (χ0v) is 10.2. The van der Waals surface area contributed by atoms with Crippen molar-refractivity contribution < 1.29 is 23.0 Å². The lowest BCUT2D eigenvalue weighted by Crippen LogP contribution is -2.36. The summed E-state index contributed by atoms with van der Waals surface area (Å²) in [6.07, 6.45) is 0.335. The maximum Gasteiger partial charge on any atom is 0.322 e. The number of rotatable bonds is 6. The Labute approximate surface area is 104 Å². The topological polar surface area (TPSA) is 47.6 Å². The highest BCUT2D eigenvalue weighted by Gasteiger charge is 2.16. The Kier molecular flexibility index (Phi) is 5.51. The zero-order chi connectivity index (χ0) is 13.5. The van der Waals surface area contributed by atoms with Gasteiger partial charge >= 0.3 is 5.97 Å². The van der Waals surface area contributed by atoms with Crippen LogP contribution in [0.3, 0.4) is 0 Å². The quantitative estimate of drug-likeness (QED) is 0.786. The summed E-state index contributed by atoms with van der Waals surface area (Å²) in [4.78, 5) is 11.2. The number of hydrogen-bond donors (Lipinski definition) is 1. The van der Waals surface area contributed by atoms with E-state index in [2.05, 4.69) is 10.1 Å². The van der Waals surface area contributed by atoms with E-state index in [1.54, 1.807) is 7.05 Å². The van der Waals surface area contributed by atoms with E-state index in [-0.39, 0.29) is 12.4 Å². The third kappa shape index (κ3) is 4.29. The molecule has 0 amide bonds. The molecular weight excluding hydrogens is 244 g/mol. The third-order valence-electron chi connectivity index (χ3n) is 2.35. The van der Waals surface area contributed by atoms with Crippen molar-refractivity contribution in [3.63, 3.8) is 0 Å². The largest absolute Gasteiger partial charge is 0.493 e. The van der Waals surface area contributed by atoms with Crippen molar-refractivity contribution in [3.05, 3.63) is 29.8 Å². The number of methoxy groups -OCH3 is 1. The minimum Gasteiger partial charge on any atom is -0.493 e. The minimum absolute atomic E-state index is 0.0900. The average Bonchev–Trinajstić information content (AvgIpc) is 2.32. The van der Waals surface area contributed by atoms with Crippen molar-refractivity contribution in [2.24, 2.45) is 0 Å². The van der Waals surface area contributed by atoms with E-state index in [0.29, 0.717) is 6.42 Å². The minimum atomic E-state index is -0.705. The van der Waals surface area contributed by atoms with Gasteiger partial charge in [-0.25, -0.2) is 8.78 Å². The molecule has 0 fully saturated rings. The van der Waals surface area contributed by atoms with Gasteiger partial charge in [-0.05, 0) is 7.05 Å². The molecule has 0 aromatic heterocycles. The molecule has 1 rings (SSSR count). The average molecular weight is 259 g/mol. The number of halogens is 2. The second kappa shape index (κ2) is 6.90. The van der Waals surface area contributed by atoms with Crippen molar-refractivity contribution in [1.82, 2.24) is 5.32 Å². The van der Waals surface area contributed by atoms with Gasteiger partial charge in [-0.1, -0.05) is 0 Å². The van der Waals surface area contributed by atoms with E-state index in [9.17, 15) is 13.6 Å². The van der Waals surface area contributed by atoms with Crippen molar-refractivity contribution in [1.29, 1.82) is 0 Å². The van der Waals surface area contributed by atoms with Crippen LogP contribution >= 0.6 is 0 Å². The lowest BCUT2D eigenvalue weighted by molar-refractivity contribution is -0.143. The molecule has 0 spiro atoms. The number of ether oxygens (including phenoxy) is 2. The van der Waals surface area contributed by atoms with Crippen LogP contribution in [0, 0.1) is 11.6 Å². The normalized spacial score (nSPS) is 12.0. The molecule has 1 unspecified atom stereocenters. The van der Waals surface area contributed by atoms with Gasteiger partial charge in [0.15, 0.2) is 0 Å². The zero-order valence-electron chi connectivity index (χ0n) is 10.2. The maximum absolute atomic E-state index is 12.9. The smallest absolute Gasteiger partial charge is 0.322 e. The highest BCUT2D eigenvalue weighted by molar-refractivity contribution is 5.75. The van der Waals surface area contributed by atoms with Gasteiger partial charge in [0.2, 0.25) is 0 Å². The fourth-order valence-corrected chi connectivity index (χ4v) is 1.43. The second-order valence-corrected chi connectivity index (χ2v) is 3.61. The fraction of sp³-hybridized carbons (Fsp3) is 0.417. The molecule has 18 heavy (non-hydrogen) atoms. The summed E-state index contributed by atoms with van der Waals surface area (Å²) in [6, 6.07) is 2.41. The van der Waals surface area contributed by atoms with Gasteiger partial charge < -0.3 is 14.8 Å². The van der Waals surface area contributed by atoms with E-state index in [1.165, 1.54) is 7.11 Å². The number of carbonyl (C=O) groups excluding carboxylic acids is 1. The van der Waals surface area contributed by atoms with Gasteiger partial charge in [0.1, 0.15) is 23.4 Å². The highest BCUT2D eigenvalue weighted by Crippen LogP contribution is 2.15. The van der Waals surface area contributed by atoms with Gasteiger partial charge in [0, 0.05) is 24.6 Å². The van der Waals surface area contributed by atoms with Crippen molar-refractivity contribution in [2.75, 3.05) is 20.8 Å². The van der Waals surface area contributed by atoms with Crippen LogP contribution in [0.5, 0.6) is 5.75 Å². The molecule has 0 aliphatic carbocycles. The van der Waals surface area contributed by atoms with Crippen LogP contribution in [0.2, 0.25) is 0 Å². The molecule has 0 radical (unpaired) electrons. The maximum atomic E-state index is 12.9. The first-order valence-corrected chi connectivity index (χ1v) is 5.40. The molecular formula is C12H15F2NO3. The Morgan fingerprint density at radius 1 is 1.33 bits per heavy atom. The summed E-state index contributed by atoms with van der Waals surface area (Å²) in [5.41, 5.74) is 0. The fourth-order valence-electron chi connectivity index (χ4n) is 1.43. The standard InChI is InChI=1S/C12H15F2NO3/c1-15-11(12(16)17-2)3-4-18-10-6-8(13)5-9(14)7-10/h5-7,11,15H,3-4H2,1-2H3. The van der Waals surface area contributed by atoms with E-state index in [0.717, 1.165) is 18.2 Å². The van der Waals surface area contributed by atoms with Crippen LogP contribution in [0.15, 0.2) is 18.2 Å². The Bertz CT molecular complexity index is 392. The molecule has 0 aliphatic rings. The number of benzene rings is 1. The summed E-state index contributed by atoms with van der Waals surface area (Å²) in [5, 5.41) is 2.76. The molecule has 0 saturated carbocycles. The molecule has 0 heterocycles. The number of likely N-dealkylation sites (N-methyl/N-ethyl adjacent to an activating group) is 1. The lowest BCUT2D eigenvalue weighted by atomic mass is 10.2. The van der Waals surface area contributed by atoms with E-state index < -0.39 is 23.6 Å². The summed E-state index contributed by atoms with van der Waals surface area (Å²) in [5.74, 6) is -1.73. The van der Waals surface area contributed by atoms with Crippen molar-refractivity contribution in [2.45, 2.75) is 12.5 Å². The molecule has 0 saturated heterocycles. The van der Waals surface area contributed by atoms with Crippen LogP contribution in [0.1, 0.15) is 6.42 Å². The van der Waals surface area contributed by atoms with Gasteiger partial charge in [-0.3, -0.25) is 4.79 Å². The molecule has 100 valence electrons. The summed E-state index contributed by atoms with van der Waals surface area (Å²) in [7, 11) is 2.90. The predicted octanol–water partition coefficient (Wildman–Crippen LogP) is 1.49. The SMILES string of the molecule is CNC(CCOc1cc(F)cc(F)c1)C(=O)OC. The third-order valence-corrected chi connectivity index (χ3v) is 2.35. The second-order valence-electron chi connectivity index (χ2n) is 3.61. The van der Waals surface area contributed by atoms with Gasteiger partial charge in [-0.2, -0.15) is 0 Å². The van der Waals surface area contributed by atoms with Crippen molar-refractivity contribution in [3.8, 4) is 5.75 Å². The van der Waals surface area contributed by atoms with Crippen LogP contribution in [-0.2, 0) is 9.53 Å². The lowest BCUT2D eigenvalue weighted by Gasteiger charge is -2.14. The Balaban J connectivity index is 2.47. The van der Waals surface area contributed by atoms with Gasteiger partial charge in [0.25, 0.3) is 0 Å². The van der Waals surface area contributed by atoms with Crippen LogP contribution < -0.4 is 10.1 Å². The van der Waals surface area contributed by atoms with E-state index >= 15 is 0 Å². The summed E-state index contributed by atoms with van der Waals surface area (Å²) >= 11 is 0. The Hall–Kier alpha value is -1.69. The summed E-state index contributed by atoms with van der Waals surface area (Å²) in [6.45, 7) is 0.142. The first kappa shape index (κ1) is 14.4. The first-order valence-electron chi connectivity index (χ1n) is 5.40. The highest BCUT2D eigenvalue weighted by atomic mass is 19.1. The van der Waals surface area contributed by atoms with E-state index in [1.807, 2.05) is 0 Å². The molecule has 1 aromatic rings. The van der Waals surface area contributed by atoms with Crippen LogP contribution in [0.4, 0.5) is 8.78 Å². The Morgan fingerprint density at radius 3 is 2.44 bits per heavy atom. The molecule has 1 aromatic carbocycles. The number of hydrogen-bond acceptors (Lipinski definition) is 4. The molecule has 1 N–H and O–H groups in total. The van der Waals surface area contributed by atoms with Crippen LogP contribution in [-0.4, -0.2) is 32.8 Å². The van der Waals surface area contributed by atoms with Gasteiger partial charge in [-0.15, -0.1) is 0 Å². The molecule has 0 aliphatic heterocycles. The number of carbonyl (C=O) groups is 1. The van der Waals surface area contributed by atoms with E-state index in [4.69, 9.17) is 4.74 Å². The van der Waals surface area contributed by atoms with Crippen molar-refractivity contribution >= 4 is 5.97 Å². The van der Waals surface area contributed by atoms with Crippen LogP contribution in [0.25, 0.3) is 0 Å². The molecule has 0 bridgehead atoms. The number of esters is 1. The molecule has 4 nitrogen and oxygen atoms in total. The monoisotopic (exact) mass is 259 g/mol. The summed E-state index contributed by atoms with van der Waals surface area (Å²) < 4.78 is 35.4. The van der Waals surface area contributed by atoms with Gasteiger partial charge in [0.05, 0.1) is 13.7 Å².